The second-order valence-corrected chi connectivity index (χ2v) is 4.21. The molecule has 0 aromatic rings. The number of Topliss-reactive ketones (excluding diaryl/α,β-unsaturated/α-hetero) is 1. The lowest BCUT2D eigenvalue weighted by atomic mass is 10.4. The quantitative estimate of drug-likeness (QED) is 0.560. The highest BCUT2D eigenvalue weighted by Crippen LogP contribution is 2.01. The highest BCUT2D eigenvalue weighted by atomic mass is 16.6. The second-order valence-electron chi connectivity index (χ2n) is 4.21. The van der Waals surface area contributed by atoms with Crippen molar-refractivity contribution >= 4 is 18.0 Å². The lowest BCUT2D eigenvalue weighted by molar-refractivity contribution is -0.117. The van der Waals surface area contributed by atoms with Crippen molar-refractivity contribution in [1.82, 2.24) is 4.90 Å². The van der Waals surface area contributed by atoms with Gasteiger partial charge in [-0.1, -0.05) is 0 Å². The summed E-state index contributed by atoms with van der Waals surface area (Å²) < 4.78 is 19.4. The molecule has 8 nitrogen and oxygen atoms in total. The number of ether oxygens (including phenoxy) is 4. The van der Waals surface area contributed by atoms with E-state index >= 15 is 0 Å². The number of rotatable bonds is 10. The van der Waals surface area contributed by atoms with Crippen LogP contribution in [0.4, 0.5) is 9.59 Å². The first kappa shape index (κ1) is 19.3. The van der Waals surface area contributed by atoms with Crippen LogP contribution in [0.1, 0.15) is 19.8 Å². The Bertz CT molecular complexity index is 308. The number of carbonyl (C=O) groups is 3. The fraction of sp³-hybridized carbons (Fsp3) is 0.769. The van der Waals surface area contributed by atoms with Gasteiger partial charge in [-0.05, 0) is 6.92 Å². The van der Waals surface area contributed by atoms with Crippen LogP contribution in [0.5, 0.6) is 0 Å². The molecule has 0 aromatic carbocycles. The van der Waals surface area contributed by atoms with Crippen molar-refractivity contribution < 1.29 is 33.3 Å². The van der Waals surface area contributed by atoms with Gasteiger partial charge >= 0.3 is 12.2 Å². The van der Waals surface area contributed by atoms with Crippen molar-refractivity contribution in [3.05, 3.63) is 0 Å². The highest BCUT2D eigenvalue weighted by molar-refractivity contribution is 5.93. The second kappa shape index (κ2) is 12.1. The summed E-state index contributed by atoms with van der Waals surface area (Å²) in [5.41, 5.74) is 0. The first-order chi connectivity index (χ1) is 10.0. The van der Waals surface area contributed by atoms with Crippen molar-refractivity contribution in [2.75, 3.05) is 47.2 Å². The van der Waals surface area contributed by atoms with E-state index in [-0.39, 0.29) is 25.5 Å². The van der Waals surface area contributed by atoms with Gasteiger partial charge in [-0.15, -0.1) is 0 Å². The molecule has 0 atom stereocenters. The summed E-state index contributed by atoms with van der Waals surface area (Å²) in [5.74, 6) is -0.349. The van der Waals surface area contributed by atoms with Crippen LogP contribution in [0.2, 0.25) is 0 Å². The number of ketones is 1. The van der Waals surface area contributed by atoms with E-state index in [9.17, 15) is 14.4 Å². The topological polar surface area (TPSA) is 91.4 Å². The maximum atomic E-state index is 11.8. The fourth-order valence-electron chi connectivity index (χ4n) is 1.31. The van der Waals surface area contributed by atoms with Crippen LogP contribution in [-0.4, -0.2) is 70.1 Å². The summed E-state index contributed by atoms with van der Waals surface area (Å²) in [7, 11) is 3.06. The van der Waals surface area contributed by atoms with Gasteiger partial charge in [0.25, 0.3) is 0 Å². The van der Waals surface area contributed by atoms with E-state index < -0.39 is 12.2 Å². The zero-order valence-electron chi connectivity index (χ0n) is 12.8. The Balaban J connectivity index is 4.31. The largest absolute Gasteiger partial charge is 0.449 e. The number of hydrogen-bond donors (Lipinski definition) is 0. The van der Waals surface area contributed by atoms with Gasteiger partial charge < -0.3 is 18.9 Å². The third-order valence-electron chi connectivity index (χ3n) is 2.26. The molecule has 8 heteroatoms. The summed E-state index contributed by atoms with van der Waals surface area (Å²) in [6.07, 6.45) is -0.811. The highest BCUT2D eigenvalue weighted by Gasteiger charge is 2.25. The monoisotopic (exact) mass is 305 g/mol. The Morgan fingerprint density at radius 2 is 1.24 bits per heavy atom. The summed E-state index contributed by atoms with van der Waals surface area (Å²) in [5, 5.41) is 0. The Morgan fingerprint density at radius 3 is 1.57 bits per heavy atom. The molecule has 0 N–H and O–H groups in total. The Labute approximate surface area is 124 Å². The van der Waals surface area contributed by atoms with E-state index in [0.717, 1.165) is 0 Å². The summed E-state index contributed by atoms with van der Waals surface area (Å²) in [6.45, 7) is 1.94. The molecule has 0 aliphatic carbocycles. The van der Waals surface area contributed by atoms with Crippen molar-refractivity contribution in [3.8, 4) is 0 Å². The molecule has 0 aliphatic heterocycles. The van der Waals surface area contributed by atoms with Gasteiger partial charge in [-0.2, -0.15) is 0 Å². The lowest BCUT2D eigenvalue weighted by Crippen LogP contribution is -2.41. The standard InChI is InChI=1S/C13H23NO7/c1-11(15)10-14(12(16)20-8-4-6-18-2)13(17)21-9-5-7-19-3/h4-10H2,1-3H3. The van der Waals surface area contributed by atoms with Gasteiger partial charge in [0.15, 0.2) is 0 Å². The van der Waals surface area contributed by atoms with Crippen molar-refractivity contribution in [1.29, 1.82) is 0 Å². The molecule has 0 radical (unpaired) electrons. The summed E-state index contributed by atoms with van der Waals surface area (Å²) >= 11 is 0. The number of imide groups is 1. The molecule has 0 rings (SSSR count). The van der Waals surface area contributed by atoms with Gasteiger partial charge in [0.05, 0.1) is 19.8 Å². The third kappa shape index (κ3) is 9.80. The van der Waals surface area contributed by atoms with Gasteiger partial charge in [0, 0.05) is 40.3 Å². The van der Waals surface area contributed by atoms with Crippen molar-refractivity contribution in [3.63, 3.8) is 0 Å². The van der Waals surface area contributed by atoms with Crippen LogP contribution in [0.25, 0.3) is 0 Å². The molecule has 0 fully saturated rings. The van der Waals surface area contributed by atoms with Crippen molar-refractivity contribution in [2.24, 2.45) is 0 Å². The summed E-state index contributed by atoms with van der Waals surface area (Å²) in [4.78, 5) is 35.3. The molecule has 0 unspecified atom stereocenters. The van der Waals surface area contributed by atoms with Gasteiger partial charge in [0.1, 0.15) is 5.78 Å². The minimum Gasteiger partial charge on any atom is -0.449 e. The molecule has 0 saturated heterocycles. The van der Waals surface area contributed by atoms with Crippen LogP contribution in [0.3, 0.4) is 0 Å². The van der Waals surface area contributed by atoms with Crippen molar-refractivity contribution in [2.45, 2.75) is 19.8 Å². The number of methoxy groups -OCH3 is 2. The first-order valence-electron chi connectivity index (χ1n) is 6.61. The Kier molecular flexibility index (Phi) is 11.1. The van der Waals surface area contributed by atoms with Crippen LogP contribution >= 0.6 is 0 Å². The van der Waals surface area contributed by atoms with E-state index in [0.29, 0.717) is 31.0 Å². The normalized spacial score (nSPS) is 10.0. The van der Waals surface area contributed by atoms with E-state index in [1.165, 1.54) is 21.1 Å². The first-order valence-corrected chi connectivity index (χ1v) is 6.61. The SMILES string of the molecule is COCCCOC(=O)N(CC(C)=O)C(=O)OCCCOC. The average molecular weight is 305 g/mol. The number of nitrogens with zero attached hydrogens (tertiary/aromatic N) is 1. The molecule has 0 aromatic heterocycles. The molecule has 0 aliphatic rings. The maximum Gasteiger partial charge on any atom is 0.419 e. The van der Waals surface area contributed by atoms with Gasteiger partial charge in [-0.3, -0.25) is 4.79 Å². The number of amides is 2. The third-order valence-corrected chi connectivity index (χ3v) is 2.26. The zero-order chi connectivity index (χ0) is 16.1. The Morgan fingerprint density at radius 1 is 0.810 bits per heavy atom. The molecule has 0 bridgehead atoms. The van der Waals surface area contributed by atoms with E-state index in [1.54, 1.807) is 0 Å². The molecular formula is C13H23NO7. The molecule has 2 amide bonds. The smallest absolute Gasteiger partial charge is 0.419 e. The molecule has 0 spiro atoms. The van der Waals surface area contributed by atoms with Crippen LogP contribution in [0.15, 0.2) is 0 Å². The van der Waals surface area contributed by atoms with Gasteiger partial charge in [-0.25, -0.2) is 14.5 Å². The minimum atomic E-state index is -0.905. The van der Waals surface area contributed by atoms with Gasteiger partial charge in [0.2, 0.25) is 0 Å². The Hall–Kier alpha value is -1.67. The molecule has 21 heavy (non-hydrogen) atoms. The summed E-state index contributed by atoms with van der Waals surface area (Å²) in [6, 6.07) is 0. The van der Waals surface area contributed by atoms with E-state index in [2.05, 4.69) is 0 Å². The van der Waals surface area contributed by atoms with Crippen LogP contribution < -0.4 is 0 Å². The predicted molar refractivity (Wildman–Crippen MR) is 73.1 cm³/mol. The van der Waals surface area contributed by atoms with Crippen LogP contribution in [-0.2, 0) is 23.7 Å². The minimum absolute atomic E-state index is 0.0953. The predicted octanol–water partition coefficient (Wildman–Crippen LogP) is 1.22. The molecule has 0 heterocycles. The molecule has 122 valence electrons. The average Bonchev–Trinajstić information content (AvgIpc) is 2.45. The number of carbonyl (C=O) groups excluding carboxylic acids is 3. The maximum absolute atomic E-state index is 11.8. The molecule has 0 saturated carbocycles. The van der Waals surface area contributed by atoms with E-state index in [4.69, 9.17) is 18.9 Å². The van der Waals surface area contributed by atoms with Crippen LogP contribution in [0, 0.1) is 0 Å². The zero-order valence-corrected chi connectivity index (χ0v) is 12.8. The molecular weight excluding hydrogens is 282 g/mol. The van der Waals surface area contributed by atoms with E-state index in [1.807, 2.05) is 0 Å². The number of hydrogen-bond acceptors (Lipinski definition) is 7. The fourth-order valence-corrected chi connectivity index (χ4v) is 1.31. The lowest BCUT2D eigenvalue weighted by Gasteiger charge is -2.18.